The van der Waals surface area contributed by atoms with E-state index in [0.717, 1.165) is 4.90 Å². The van der Waals surface area contributed by atoms with Crippen LogP contribution >= 0.6 is 15.9 Å². The summed E-state index contributed by atoms with van der Waals surface area (Å²) in [5.41, 5.74) is 1.28. The fourth-order valence-corrected chi connectivity index (χ4v) is 4.91. The standard InChI is InChI=1S/C24H18BrN3O7/c1-34-18-12-13(11-17(25)21(18)29)20-19-22(35-27(20)15-5-3-2-4-6-15)24(31)26(23(19)30)14-7-9-16(10-8-14)28(32)33/h2-12,19-20,22,29H,1H3/t19-,20-,22-/m1/s1. The van der Waals surface area contributed by atoms with Crippen LogP contribution in [0.2, 0.25) is 0 Å². The average Bonchev–Trinajstić information content (AvgIpc) is 3.37. The van der Waals surface area contributed by atoms with E-state index in [9.17, 15) is 24.8 Å². The second kappa shape index (κ2) is 8.67. The van der Waals surface area contributed by atoms with Crippen molar-refractivity contribution in [3.8, 4) is 11.5 Å². The number of fused-ring (bicyclic) bond motifs is 1. The molecule has 0 unspecified atom stereocenters. The molecule has 0 spiro atoms. The van der Waals surface area contributed by atoms with Crippen LogP contribution in [0.15, 0.2) is 71.2 Å². The highest BCUT2D eigenvalue weighted by Gasteiger charge is 2.60. The minimum Gasteiger partial charge on any atom is -0.503 e. The second-order valence-electron chi connectivity index (χ2n) is 8.00. The summed E-state index contributed by atoms with van der Waals surface area (Å²) in [6.07, 6.45) is -1.11. The van der Waals surface area contributed by atoms with E-state index in [1.54, 1.807) is 24.3 Å². The largest absolute Gasteiger partial charge is 0.503 e. The van der Waals surface area contributed by atoms with Gasteiger partial charge in [-0.1, -0.05) is 18.2 Å². The molecular formula is C24H18BrN3O7. The van der Waals surface area contributed by atoms with Crippen molar-refractivity contribution in [2.24, 2.45) is 5.92 Å². The number of methoxy groups -OCH3 is 1. The van der Waals surface area contributed by atoms with Gasteiger partial charge in [-0.25, -0.2) is 9.96 Å². The molecular weight excluding hydrogens is 522 g/mol. The number of nitrogens with zero attached hydrogens (tertiary/aromatic N) is 3. The molecule has 3 aromatic rings. The zero-order valence-electron chi connectivity index (χ0n) is 18.2. The van der Waals surface area contributed by atoms with Crippen LogP contribution in [0.1, 0.15) is 11.6 Å². The van der Waals surface area contributed by atoms with E-state index >= 15 is 0 Å². The first-order valence-electron chi connectivity index (χ1n) is 10.5. The number of phenolic OH excluding ortho intramolecular Hbond substituents is 1. The van der Waals surface area contributed by atoms with E-state index in [4.69, 9.17) is 9.57 Å². The average molecular weight is 540 g/mol. The Morgan fingerprint density at radius 2 is 1.71 bits per heavy atom. The van der Waals surface area contributed by atoms with Crippen LogP contribution in [-0.4, -0.2) is 35.1 Å². The van der Waals surface area contributed by atoms with Gasteiger partial charge < -0.3 is 9.84 Å². The van der Waals surface area contributed by atoms with Gasteiger partial charge in [0.25, 0.3) is 11.6 Å². The van der Waals surface area contributed by atoms with E-state index in [1.165, 1.54) is 36.4 Å². The third-order valence-electron chi connectivity index (χ3n) is 6.06. The lowest BCUT2D eigenvalue weighted by atomic mass is 9.90. The van der Waals surface area contributed by atoms with Crippen LogP contribution in [0.5, 0.6) is 11.5 Å². The predicted molar refractivity (Wildman–Crippen MR) is 128 cm³/mol. The number of anilines is 2. The normalized spacial score (nSPS) is 21.4. The number of imide groups is 1. The summed E-state index contributed by atoms with van der Waals surface area (Å²) in [4.78, 5) is 44.5. The van der Waals surface area contributed by atoms with Gasteiger partial charge in [0.1, 0.15) is 5.92 Å². The van der Waals surface area contributed by atoms with E-state index in [0.29, 0.717) is 15.7 Å². The van der Waals surface area contributed by atoms with Gasteiger partial charge in [-0.05, 0) is 57.9 Å². The highest BCUT2D eigenvalue weighted by molar-refractivity contribution is 9.10. The molecule has 3 aromatic carbocycles. The highest BCUT2D eigenvalue weighted by Crippen LogP contribution is 2.49. The van der Waals surface area contributed by atoms with E-state index in [2.05, 4.69) is 15.9 Å². The predicted octanol–water partition coefficient (Wildman–Crippen LogP) is 4.12. The minimum absolute atomic E-state index is 0.0979. The van der Waals surface area contributed by atoms with Gasteiger partial charge >= 0.3 is 0 Å². The first kappa shape index (κ1) is 22.8. The van der Waals surface area contributed by atoms with Crippen LogP contribution in [0.3, 0.4) is 0 Å². The first-order valence-corrected chi connectivity index (χ1v) is 11.3. The SMILES string of the molecule is COc1cc([C@@H]2[C@H]3C(=O)N(c4ccc([N+](=O)[O-])cc4)C(=O)[C@@H]3ON2c2ccccc2)cc(Br)c1O. The zero-order valence-corrected chi connectivity index (χ0v) is 19.8. The van der Waals surface area contributed by atoms with E-state index in [1.807, 2.05) is 18.2 Å². The molecule has 5 rings (SSSR count). The topological polar surface area (TPSA) is 122 Å². The van der Waals surface area contributed by atoms with Gasteiger partial charge in [-0.3, -0.25) is 24.5 Å². The number of hydrogen-bond acceptors (Lipinski definition) is 8. The lowest BCUT2D eigenvalue weighted by Gasteiger charge is -2.29. The molecule has 2 amide bonds. The number of aromatic hydroxyl groups is 1. The molecule has 3 atom stereocenters. The number of hydrogen-bond donors (Lipinski definition) is 1. The fourth-order valence-electron chi connectivity index (χ4n) is 4.45. The number of para-hydroxylation sites is 1. The summed E-state index contributed by atoms with van der Waals surface area (Å²) >= 11 is 3.32. The summed E-state index contributed by atoms with van der Waals surface area (Å²) in [6.45, 7) is 0. The smallest absolute Gasteiger partial charge is 0.269 e. The zero-order chi connectivity index (χ0) is 24.9. The molecule has 0 aromatic heterocycles. The summed E-state index contributed by atoms with van der Waals surface area (Å²) in [5.74, 6) is -1.89. The third kappa shape index (κ3) is 3.69. The summed E-state index contributed by atoms with van der Waals surface area (Å²) in [7, 11) is 1.41. The second-order valence-corrected chi connectivity index (χ2v) is 8.85. The molecule has 35 heavy (non-hydrogen) atoms. The Labute approximate surface area is 207 Å². The maximum absolute atomic E-state index is 13.7. The van der Waals surface area contributed by atoms with Crippen molar-refractivity contribution < 1.29 is 29.2 Å². The summed E-state index contributed by atoms with van der Waals surface area (Å²) < 4.78 is 5.64. The Hall–Kier alpha value is -3.96. The number of benzene rings is 3. The monoisotopic (exact) mass is 539 g/mol. The highest BCUT2D eigenvalue weighted by atomic mass is 79.9. The van der Waals surface area contributed by atoms with Crippen molar-refractivity contribution in [3.05, 3.63) is 86.9 Å². The number of non-ortho nitro benzene ring substituents is 1. The van der Waals surface area contributed by atoms with Crippen molar-refractivity contribution in [1.29, 1.82) is 0 Å². The first-order chi connectivity index (χ1) is 16.8. The molecule has 0 aliphatic carbocycles. The van der Waals surface area contributed by atoms with Crippen LogP contribution in [0, 0.1) is 16.0 Å². The molecule has 0 bridgehead atoms. The molecule has 2 aliphatic rings. The molecule has 178 valence electrons. The molecule has 0 saturated carbocycles. The fraction of sp³-hybridized carbons (Fsp3) is 0.167. The maximum Gasteiger partial charge on any atom is 0.269 e. The van der Waals surface area contributed by atoms with Gasteiger partial charge in [0.05, 0.1) is 33.9 Å². The number of phenols is 1. The lowest BCUT2D eigenvalue weighted by Crippen LogP contribution is -2.37. The molecule has 10 nitrogen and oxygen atoms in total. The van der Waals surface area contributed by atoms with Gasteiger partial charge in [-0.2, -0.15) is 0 Å². The van der Waals surface area contributed by atoms with E-state index < -0.39 is 34.8 Å². The molecule has 11 heteroatoms. The van der Waals surface area contributed by atoms with Crippen LogP contribution < -0.4 is 14.7 Å². The molecule has 2 aliphatic heterocycles. The number of halogens is 1. The number of amides is 2. The summed E-state index contributed by atoms with van der Waals surface area (Å²) in [5, 5.41) is 22.8. The van der Waals surface area contributed by atoms with Crippen molar-refractivity contribution in [2.75, 3.05) is 17.1 Å². The Kier molecular flexibility index (Phi) is 5.65. The van der Waals surface area contributed by atoms with Crippen LogP contribution in [-0.2, 0) is 14.4 Å². The van der Waals surface area contributed by atoms with Crippen molar-refractivity contribution in [2.45, 2.75) is 12.1 Å². The Morgan fingerprint density at radius 3 is 2.34 bits per heavy atom. The molecule has 2 fully saturated rings. The molecule has 1 N–H and O–H groups in total. The van der Waals surface area contributed by atoms with Gasteiger partial charge in [-0.15, -0.1) is 0 Å². The Balaban J connectivity index is 1.59. The summed E-state index contributed by atoms with van der Waals surface area (Å²) in [6, 6.07) is 16.8. The number of hydroxylamine groups is 1. The Bertz CT molecular complexity index is 1330. The number of rotatable bonds is 5. The van der Waals surface area contributed by atoms with Crippen LogP contribution in [0.25, 0.3) is 0 Å². The third-order valence-corrected chi connectivity index (χ3v) is 6.66. The van der Waals surface area contributed by atoms with Gasteiger partial charge in [0.15, 0.2) is 17.6 Å². The minimum atomic E-state index is -1.11. The lowest BCUT2D eigenvalue weighted by molar-refractivity contribution is -0.384. The molecule has 2 saturated heterocycles. The number of carbonyl (C=O) groups is 2. The Morgan fingerprint density at radius 1 is 1.03 bits per heavy atom. The van der Waals surface area contributed by atoms with E-state index in [-0.39, 0.29) is 22.9 Å². The molecule has 2 heterocycles. The van der Waals surface area contributed by atoms with Crippen molar-refractivity contribution >= 4 is 44.8 Å². The maximum atomic E-state index is 13.7. The van der Waals surface area contributed by atoms with Gasteiger partial charge in [0.2, 0.25) is 5.91 Å². The number of nitro benzene ring substituents is 1. The van der Waals surface area contributed by atoms with Crippen LogP contribution in [0.4, 0.5) is 17.1 Å². The molecule has 0 radical (unpaired) electrons. The quantitative estimate of drug-likeness (QED) is 0.291. The number of nitro groups is 1. The van der Waals surface area contributed by atoms with Crippen molar-refractivity contribution in [3.63, 3.8) is 0 Å². The number of carbonyl (C=O) groups excluding carboxylic acids is 2. The van der Waals surface area contributed by atoms with Gasteiger partial charge in [0, 0.05) is 12.1 Å². The van der Waals surface area contributed by atoms with Crippen molar-refractivity contribution in [1.82, 2.24) is 0 Å². The number of ether oxygens (including phenoxy) is 1.